The van der Waals surface area contributed by atoms with Crippen LogP contribution in [0.2, 0.25) is 0 Å². The van der Waals surface area contributed by atoms with Crippen molar-refractivity contribution >= 4 is 29.3 Å². The van der Waals surface area contributed by atoms with E-state index in [4.69, 9.17) is 11.6 Å². The van der Waals surface area contributed by atoms with E-state index in [9.17, 15) is 14.4 Å². The van der Waals surface area contributed by atoms with Crippen LogP contribution in [-0.2, 0) is 24.4 Å². The first-order valence-corrected chi connectivity index (χ1v) is 6.06. The van der Waals surface area contributed by atoms with Crippen LogP contribution in [0.1, 0.15) is 10.4 Å². The maximum Gasteiger partial charge on any atom is 0.369 e. The first-order valence-electron chi connectivity index (χ1n) is 5.53. The second kappa shape index (κ2) is 11.4. The molecule has 1 aromatic carbocycles. The maximum absolute atomic E-state index is 10.9. The van der Waals surface area contributed by atoms with Gasteiger partial charge in [-0.3, -0.25) is 14.6 Å². The van der Waals surface area contributed by atoms with Gasteiger partial charge in [0.1, 0.15) is 0 Å². The van der Waals surface area contributed by atoms with Crippen molar-refractivity contribution in [3.05, 3.63) is 61.2 Å². The molecule has 0 aromatic heterocycles. The fourth-order valence-corrected chi connectivity index (χ4v) is 1.01. The topological polar surface area (TPSA) is 78.9 Å². The van der Waals surface area contributed by atoms with Crippen molar-refractivity contribution in [2.24, 2.45) is 0 Å². The van der Waals surface area contributed by atoms with Crippen molar-refractivity contribution in [1.29, 1.82) is 0 Å². The Kier molecular flexibility index (Phi) is 10.1. The van der Waals surface area contributed by atoms with E-state index in [1.165, 1.54) is 0 Å². The van der Waals surface area contributed by atoms with Gasteiger partial charge in [0.2, 0.25) is 0 Å². The van der Waals surface area contributed by atoms with E-state index in [0.717, 1.165) is 12.2 Å². The van der Waals surface area contributed by atoms with E-state index in [0.29, 0.717) is 5.56 Å². The molecular weight excluding hydrogens is 300 g/mol. The first-order chi connectivity index (χ1) is 10.0. The number of ketones is 1. The van der Waals surface area contributed by atoms with Gasteiger partial charge in [0.25, 0.3) is 0 Å². The number of carbonyl (C=O) groups is 3. The fraction of sp³-hybridized carbons (Fsp3) is 0.0714. The number of carbonyl (C=O) groups excluding carboxylic acids is 3. The highest BCUT2D eigenvalue weighted by molar-refractivity contribution is 6.30. The minimum absolute atomic E-state index is 0.0257. The molecule has 0 bridgehead atoms. The second-order valence-corrected chi connectivity index (χ2v) is 3.47. The molecule has 21 heavy (non-hydrogen) atoms. The molecular formula is C14H13ClO6. The quantitative estimate of drug-likeness (QED) is 0.264. The summed E-state index contributed by atoms with van der Waals surface area (Å²) < 4.78 is 0. The van der Waals surface area contributed by atoms with Crippen LogP contribution < -0.4 is 0 Å². The summed E-state index contributed by atoms with van der Waals surface area (Å²) in [6, 6.07) is 9.01. The lowest BCUT2D eigenvalue weighted by Crippen LogP contribution is -2.06. The van der Waals surface area contributed by atoms with Gasteiger partial charge in [0, 0.05) is 22.8 Å². The van der Waals surface area contributed by atoms with E-state index in [1.807, 2.05) is 18.2 Å². The standard InChI is InChI=1S/C8H7ClO.C6H6O5/c9-6-8(10)7-4-2-1-3-5-7;1-3-5(7)9-11-10-6(8)4-2/h1-5H,6H2;3-4H,1-2H2. The number of rotatable bonds is 6. The molecule has 0 aliphatic carbocycles. The number of halogens is 1. The minimum atomic E-state index is -0.859. The summed E-state index contributed by atoms with van der Waals surface area (Å²) in [6.07, 6.45) is 1.70. The van der Waals surface area contributed by atoms with Gasteiger partial charge >= 0.3 is 11.9 Å². The summed E-state index contributed by atoms with van der Waals surface area (Å²) in [5, 5.41) is 3.70. The largest absolute Gasteiger partial charge is 0.369 e. The van der Waals surface area contributed by atoms with Gasteiger partial charge in [0.05, 0.1) is 5.88 Å². The van der Waals surface area contributed by atoms with Gasteiger partial charge in [-0.05, 0) is 0 Å². The van der Waals surface area contributed by atoms with E-state index in [1.54, 1.807) is 12.1 Å². The molecule has 112 valence electrons. The predicted octanol–water partition coefficient (Wildman–Crippen LogP) is 2.40. The smallest absolute Gasteiger partial charge is 0.293 e. The molecule has 0 spiro atoms. The van der Waals surface area contributed by atoms with E-state index >= 15 is 0 Å². The average molecular weight is 313 g/mol. The highest BCUT2D eigenvalue weighted by Gasteiger charge is 2.00. The summed E-state index contributed by atoms with van der Waals surface area (Å²) in [5.74, 6) is -1.68. The van der Waals surface area contributed by atoms with Crippen LogP contribution in [0.3, 0.4) is 0 Å². The lowest BCUT2D eigenvalue weighted by Gasteiger charge is -1.95. The Labute approximate surface area is 126 Å². The minimum Gasteiger partial charge on any atom is -0.293 e. The Balaban J connectivity index is 0.000000382. The van der Waals surface area contributed by atoms with Crippen LogP contribution in [0, 0.1) is 0 Å². The molecule has 7 heteroatoms. The van der Waals surface area contributed by atoms with Crippen molar-refractivity contribution in [3.8, 4) is 0 Å². The molecule has 0 aliphatic rings. The molecule has 0 amide bonds. The second-order valence-electron chi connectivity index (χ2n) is 3.20. The molecule has 0 atom stereocenters. The van der Waals surface area contributed by atoms with Crippen LogP contribution in [0.4, 0.5) is 0 Å². The van der Waals surface area contributed by atoms with Crippen molar-refractivity contribution in [3.63, 3.8) is 0 Å². The number of alkyl halides is 1. The third-order valence-corrected chi connectivity index (χ3v) is 2.03. The Morgan fingerprint density at radius 1 is 1.00 bits per heavy atom. The molecule has 0 N–H and O–H groups in total. The third kappa shape index (κ3) is 9.15. The Morgan fingerprint density at radius 2 is 1.48 bits per heavy atom. The summed E-state index contributed by atoms with van der Waals surface area (Å²) in [5.41, 5.74) is 0.678. The van der Waals surface area contributed by atoms with Gasteiger partial charge in [-0.25, -0.2) is 9.59 Å². The number of hydrogen-bond donors (Lipinski definition) is 0. The molecule has 1 aromatic rings. The summed E-state index contributed by atoms with van der Waals surface area (Å²) in [4.78, 5) is 38.9. The Hall–Kier alpha value is -2.44. The van der Waals surface area contributed by atoms with Crippen LogP contribution in [0.5, 0.6) is 0 Å². The van der Waals surface area contributed by atoms with Crippen molar-refractivity contribution in [1.82, 2.24) is 0 Å². The first kappa shape index (κ1) is 18.6. The maximum atomic E-state index is 10.9. The number of benzene rings is 1. The lowest BCUT2D eigenvalue weighted by atomic mass is 10.2. The Bertz CT molecular complexity index is 477. The summed E-state index contributed by atoms with van der Waals surface area (Å²) in [6.45, 7) is 6.13. The van der Waals surface area contributed by atoms with Crippen molar-refractivity contribution < 1.29 is 29.2 Å². The third-order valence-electron chi connectivity index (χ3n) is 1.78. The van der Waals surface area contributed by atoms with Crippen LogP contribution in [0.25, 0.3) is 0 Å². The van der Waals surface area contributed by atoms with Crippen LogP contribution >= 0.6 is 11.6 Å². The van der Waals surface area contributed by atoms with E-state index in [2.05, 4.69) is 28.0 Å². The molecule has 0 radical (unpaired) electrons. The lowest BCUT2D eigenvalue weighted by molar-refractivity contribution is -0.455. The highest BCUT2D eigenvalue weighted by Crippen LogP contribution is 2.00. The molecule has 0 saturated carbocycles. The van der Waals surface area contributed by atoms with Crippen LogP contribution in [0.15, 0.2) is 55.6 Å². The van der Waals surface area contributed by atoms with E-state index < -0.39 is 11.9 Å². The zero-order valence-electron chi connectivity index (χ0n) is 11.0. The predicted molar refractivity (Wildman–Crippen MR) is 75.2 cm³/mol. The van der Waals surface area contributed by atoms with Crippen molar-refractivity contribution in [2.45, 2.75) is 0 Å². The molecule has 0 heterocycles. The molecule has 0 saturated heterocycles. The zero-order chi connectivity index (χ0) is 16.1. The number of hydrogen-bond acceptors (Lipinski definition) is 6. The summed E-state index contributed by atoms with van der Waals surface area (Å²) >= 11 is 5.34. The molecule has 0 fully saturated rings. The average Bonchev–Trinajstić information content (AvgIpc) is 2.55. The van der Waals surface area contributed by atoms with Crippen LogP contribution in [-0.4, -0.2) is 23.6 Å². The normalized spacial score (nSPS) is 8.62. The van der Waals surface area contributed by atoms with Crippen molar-refractivity contribution in [2.75, 3.05) is 5.88 Å². The van der Waals surface area contributed by atoms with E-state index in [-0.39, 0.29) is 11.7 Å². The van der Waals surface area contributed by atoms with Gasteiger partial charge in [0.15, 0.2) is 5.78 Å². The Morgan fingerprint density at radius 3 is 1.86 bits per heavy atom. The molecule has 6 nitrogen and oxygen atoms in total. The van der Waals surface area contributed by atoms with Gasteiger partial charge in [-0.15, -0.1) is 11.6 Å². The fourth-order valence-electron chi connectivity index (χ4n) is 0.853. The van der Waals surface area contributed by atoms with Gasteiger partial charge < -0.3 is 0 Å². The molecule has 0 unspecified atom stereocenters. The molecule has 1 rings (SSSR count). The summed E-state index contributed by atoms with van der Waals surface area (Å²) in [7, 11) is 0. The van der Waals surface area contributed by atoms with Gasteiger partial charge in [-0.1, -0.05) is 43.5 Å². The highest BCUT2D eigenvalue weighted by atomic mass is 35.5. The number of Topliss-reactive ketones (excluding diaryl/α,β-unsaturated/α-hetero) is 1. The molecule has 0 aliphatic heterocycles. The van der Waals surface area contributed by atoms with Gasteiger partial charge in [-0.2, -0.15) is 0 Å². The zero-order valence-corrected chi connectivity index (χ0v) is 11.7. The SMILES string of the molecule is C=CC(=O)OOOC(=O)C=C.O=C(CCl)c1ccccc1. The monoisotopic (exact) mass is 312 g/mol.